The van der Waals surface area contributed by atoms with E-state index in [2.05, 4.69) is 16.0 Å². The number of benzene rings is 1. The van der Waals surface area contributed by atoms with E-state index in [4.69, 9.17) is 4.99 Å². The Hall–Kier alpha value is -4.20. The van der Waals surface area contributed by atoms with Crippen LogP contribution in [0.25, 0.3) is 11.4 Å². The summed E-state index contributed by atoms with van der Waals surface area (Å²) in [4.78, 5) is 30.5. The molecule has 0 saturated heterocycles. The van der Waals surface area contributed by atoms with Gasteiger partial charge in [-0.15, -0.1) is 0 Å². The van der Waals surface area contributed by atoms with Gasteiger partial charge in [0.1, 0.15) is 17.7 Å². The average Bonchev–Trinajstić information content (AvgIpc) is 3.35. The standard InChI is InChI=1S/C25H22F3N7O/c1-5-33-23(36)20-22(35-12-25(3,4)32-24(33)35)34(11-14-6-17(26)19(28)18(27)7-14)21(31-20)16-8-15(9-29)13(2)30-10-16/h6-8,10H,5,11-12H2,1-4H3. The predicted molar refractivity (Wildman–Crippen MR) is 126 cm³/mol. The summed E-state index contributed by atoms with van der Waals surface area (Å²) in [5.41, 5.74) is 1.07. The molecule has 0 aliphatic carbocycles. The van der Waals surface area contributed by atoms with E-state index in [1.807, 2.05) is 25.7 Å². The summed E-state index contributed by atoms with van der Waals surface area (Å²) in [6.45, 7) is 8.08. The van der Waals surface area contributed by atoms with Gasteiger partial charge in [0.15, 0.2) is 23.1 Å². The van der Waals surface area contributed by atoms with E-state index in [0.29, 0.717) is 41.7 Å². The molecule has 0 N–H and O–H groups in total. The second-order valence-electron chi connectivity index (χ2n) is 9.40. The predicted octanol–water partition coefficient (Wildman–Crippen LogP) is 4.02. The lowest BCUT2D eigenvalue weighted by atomic mass is 10.1. The first-order valence-corrected chi connectivity index (χ1v) is 11.3. The molecule has 5 rings (SSSR count). The van der Waals surface area contributed by atoms with Crippen molar-refractivity contribution in [2.75, 3.05) is 18.0 Å². The number of imidazole rings is 1. The molecule has 0 atom stereocenters. The van der Waals surface area contributed by atoms with E-state index in [0.717, 1.165) is 12.1 Å². The van der Waals surface area contributed by atoms with Crippen LogP contribution in [0.3, 0.4) is 0 Å². The minimum Gasteiger partial charge on any atom is -0.305 e. The Kier molecular flexibility index (Phi) is 5.35. The normalized spacial score (nSPS) is 16.1. The maximum absolute atomic E-state index is 14.1. The molecule has 0 spiro atoms. The first-order valence-electron chi connectivity index (χ1n) is 11.3. The van der Waals surface area contributed by atoms with Gasteiger partial charge in [-0.05, 0) is 51.5 Å². The maximum Gasteiger partial charge on any atom is 0.283 e. The van der Waals surface area contributed by atoms with Gasteiger partial charge in [0.2, 0.25) is 5.96 Å². The zero-order valence-electron chi connectivity index (χ0n) is 20.1. The van der Waals surface area contributed by atoms with Crippen LogP contribution >= 0.6 is 0 Å². The number of hydrogen-bond acceptors (Lipinski definition) is 6. The van der Waals surface area contributed by atoms with Crippen molar-refractivity contribution in [3.8, 4) is 17.5 Å². The van der Waals surface area contributed by atoms with Gasteiger partial charge in [-0.3, -0.25) is 19.6 Å². The fraction of sp³-hybridized carbons (Fsp3) is 0.320. The van der Waals surface area contributed by atoms with Crippen LogP contribution in [0.1, 0.15) is 48.1 Å². The minimum absolute atomic E-state index is 0.120. The quantitative estimate of drug-likeness (QED) is 0.512. The van der Waals surface area contributed by atoms with Gasteiger partial charge in [0.25, 0.3) is 5.91 Å². The van der Waals surface area contributed by atoms with Gasteiger partial charge in [0, 0.05) is 18.3 Å². The van der Waals surface area contributed by atoms with Crippen molar-refractivity contribution in [1.82, 2.24) is 19.4 Å². The Morgan fingerprint density at radius 2 is 1.86 bits per heavy atom. The molecule has 1 amide bonds. The van der Waals surface area contributed by atoms with Gasteiger partial charge >= 0.3 is 0 Å². The molecule has 184 valence electrons. The van der Waals surface area contributed by atoms with E-state index in [9.17, 15) is 23.2 Å². The summed E-state index contributed by atoms with van der Waals surface area (Å²) in [6, 6.07) is 5.51. The molecule has 0 radical (unpaired) electrons. The van der Waals surface area contributed by atoms with Crippen molar-refractivity contribution in [2.45, 2.75) is 39.8 Å². The fourth-order valence-corrected chi connectivity index (χ4v) is 4.59. The molecule has 4 heterocycles. The SMILES string of the molecule is CCN1C(=O)c2nc(-c3cnc(C)c(C#N)c3)n(Cc3cc(F)c(F)c(F)c3)c2N2CC(C)(C)N=C12. The zero-order chi connectivity index (χ0) is 25.9. The van der Waals surface area contributed by atoms with Crippen molar-refractivity contribution < 1.29 is 18.0 Å². The monoisotopic (exact) mass is 493 g/mol. The van der Waals surface area contributed by atoms with Crippen LogP contribution in [-0.2, 0) is 6.54 Å². The molecule has 3 aromatic rings. The number of aromatic nitrogens is 3. The third-order valence-electron chi connectivity index (χ3n) is 6.24. The lowest BCUT2D eigenvalue weighted by molar-refractivity contribution is 0.0841. The number of amides is 1. The summed E-state index contributed by atoms with van der Waals surface area (Å²) in [5.74, 6) is -3.40. The van der Waals surface area contributed by atoms with E-state index >= 15 is 0 Å². The number of pyridine rings is 1. The van der Waals surface area contributed by atoms with Crippen LogP contribution in [0.5, 0.6) is 0 Å². The van der Waals surface area contributed by atoms with Crippen LogP contribution in [0.15, 0.2) is 29.4 Å². The number of guanidine groups is 1. The van der Waals surface area contributed by atoms with Gasteiger partial charge in [-0.1, -0.05) is 0 Å². The lowest BCUT2D eigenvalue weighted by Crippen LogP contribution is -2.51. The lowest BCUT2D eigenvalue weighted by Gasteiger charge is -2.34. The summed E-state index contributed by atoms with van der Waals surface area (Å²) in [6.07, 6.45) is 1.53. The number of aryl methyl sites for hydroxylation is 1. The average molecular weight is 493 g/mol. The number of nitriles is 1. The summed E-state index contributed by atoms with van der Waals surface area (Å²) in [7, 11) is 0. The van der Waals surface area contributed by atoms with Crippen molar-refractivity contribution in [3.63, 3.8) is 0 Å². The molecule has 36 heavy (non-hydrogen) atoms. The minimum atomic E-state index is -1.56. The molecule has 2 aliphatic rings. The highest BCUT2D eigenvalue weighted by Crippen LogP contribution is 2.38. The number of halogens is 3. The molecule has 8 nitrogen and oxygen atoms in total. The Morgan fingerprint density at radius 1 is 1.17 bits per heavy atom. The van der Waals surface area contributed by atoms with Gasteiger partial charge in [-0.25, -0.2) is 23.1 Å². The van der Waals surface area contributed by atoms with Crippen LogP contribution < -0.4 is 4.90 Å². The fourth-order valence-electron chi connectivity index (χ4n) is 4.59. The number of carbonyl (C=O) groups is 1. The molecule has 0 bridgehead atoms. The first-order chi connectivity index (χ1) is 17.0. The van der Waals surface area contributed by atoms with Crippen LogP contribution in [0.2, 0.25) is 0 Å². The van der Waals surface area contributed by atoms with Gasteiger partial charge in [-0.2, -0.15) is 5.26 Å². The van der Waals surface area contributed by atoms with E-state index in [-0.39, 0.29) is 29.5 Å². The van der Waals surface area contributed by atoms with Crippen molar-refractivity contribution >= 4 is 17.7 Å². The number of nitrogens with zero attached hydrogens (tertiary/aromatic N) is 7. The van der Waals surface area contributed by atoms with Crippen molar-refractivity contribution in [2.24, 2.45) is 4.99 Å². The molecule has 0 fully saturated rings. The largest absolute Gasteiger partial charge is 0.305 e. The highest BCUT2D eigenvalue weighted by Gasteiger charge is 2.45. The van der Waals surface area contributed by atoms with Gasteiger partial charge < -0.3 is 4.57 Å². The number of aliphatic imine (C=N–C) groups is 1. The van der Waals surface area contributed by atoms with E-state index < -0.39 is 23.0 Å². The van der Waals surface area contributed by atoms with Crippen molar-refractivity contribution in [3.05, 3.63) is 64.4 Å². The molecule has 2 aromatic heterocycles. The highest BCUT2D eigenvalue weighted by molar-refractivity contribution is 6.18. The Balaban J connectivity index is 1.77. The smallest absolute Gasteiger partial charge is 0.283 e. The third kappa shape index (κ3) is 3.61. The number of hydrogen-bond donors (Lipinski definition) is 0. The molecule has 11 heteroatoms. The molecule has 2 aliphatic heterocycles. The summed E-state index contributed by atoms with van der Waals surface area (Å²) in [5, 5.41) is 9.51. The van der Waals surface area contributed by atoms with Gasteiger partial charge in [0.05, 0.1) is 29.9 Å². The maximum atomic E-state index is 14.1. The van der Waals surface area contributed by atoms with Crippen LogP contribution in [0, 0.1) is 35.7 Å². The number of fused-ring (bicyclic) bond motifs is 3. The van der Waals surface area contributed by atoms with Crippen LogP contribution in [-0.4, -0.2) is 49.9 Å². The molecular formula is C25H22F3N7O. The second kappa shape index (κ2) is 8.19. The van der Waals surface area contributed by atoms with Crippen LogP contribution in [0.4, 0.5) is 19.0 Å². The summed E-state index contributed by atoms with van der Waals surface area (Å²) < 4.78 is 43.4. The Labute approximate surface area is 205 Å². The summed E-state index contributed by atoms with van der Waals surface area (Å²) >= 11 is 0. The Bertz CT molecular complexity index is 1480. The molecule has 1 aromatic carbocycles. The third-order valence-corrected chi connectivity index (χ3v) is 6.24. The highest BCUT2D eigenvalue weighted by atomic mass is 19.2. The van der Waals surface area contributed by atoms with Crippen molar-refractivity contribution in [1.29, 1.82) is 5.26 Å². The molecular weight excluding hydrogens is 471 g/mol. The number of carbonyl (C=O) groups excluding carboxylic acids is 1. The van der Waals surface area contributed by atoms with E-state index in [1.54, 1.807) is 17.6 Å². The topological polar surface area (TPSA) is 90.4 Å². The first kappa shape index (κ1) is 23.5. The second-order valence-corrected chi connectivity index (χ2v) is 9.40. The molecule has 0 saturated carbocycles. The zero-order valence-corrected chi connectivity index (χ0v) is 20.1. The molecule has 0 unspecified atom stereocenters. The Morgan fingerprint density at radius 3 is 2.50 bits per heavy atom. The van der Waals surface area contributed by atoms with E-state index in [1.165, 1.54) is 11.1 Å². The number of rotatable bonds is 4. The number of anilines is 1.